The zero-order valence-electron chi connectivity index (χ0n) is 34.2. The lowest BCUT2D eigenvalue weighted by molar-refractivity contribution is 0.101. The SMILES string of the molecule is O=C(C1=CN(CCO)C=C(c2ccc(C(=O)c3ccc(C4=CN(CCO)C=C(C(=O)c5ccccc5)C4c4ccc(Cl)cc4Cl)cc3)cc2)C1c1ccc(Cl)cc1Cl)c1ccccc1. The van der Waals surface area contributed by atoms with E-state index in [1.54, 1.807) is 95.0 Å². The molecule has 2 aliphatic heterocycles. The Kier molecular flexibility index (Phi) is 13.8. The van der Waals surface area contributed by atoms with Crippen molar-refractivity contribution < 1.29 is 24.6 Å². The van der Waals surface area contributed by atoms with Crippen LogP contribution >= 0.6 is 46.4 Å². The van der Waals surface area contributed by atoms with Crippen LogP contribution in [0.4, 0.5) is 0 Å². The van der Waals surface area contributed by atoms with E-state index in [-0.39, 0.29) is 43.7 Å². The Morgan fingerprint density at radius 1 is 0.438 bits per heavy atom. The van der Waals surface area contributed by atoms with E-state index in [0.717, 1.165) is 22.3 Å². The minimum absolute atomic E-state index is 0.150. The molecule has 0 bridgehead atoms. The van der Waals surface area contributed by atoms with Crippen LogP contribution in [0.5, 0.6) is 0 Å². The molecule has 2 N–H and O–H groups in total. The molecule has 320 valence electrons. The van der Waals surface area contributed by atoms with Crippen LogP contribution in [0, 0.1) is 0 Å². The summed E-state index contributed by atoms with van der Waals surface area (Å²) in [5, 5.41) is 21.6. The largest absolute Gasteiger partial charge is 0.395 e. The molecule has 64 heavy (non-hydrogen) atoms. The van der Waals surface area contributed by atoms with E-state index in [4.69, 9.17) is 46.4 Å². The normalized spacial score (nSPS) is 16.1. The van der Waals surface area contributed by atoms with Crippen LogP contribution in [0.1, 0.15) is 70.7 Å². The van der Waals surface area contributed by atoms with Crippen molar-refractivity contribution in [2.75, 3.05) is 26.3 Å². The van der Waals surface area contributed by atoms with E-state index in [9.17, 15) is 24.6 Å². The quantitative estimate of drug-likeness (QED) is 0.105. The van der Waals surface area contributed by atoms with Gasteiger partial charge in [0.1, 0.15) is 0 Å². The Morgan fingerprint density at radius 3 is 1.14 bits per heavy atom. The van der Waals surface area contributed by atoms with Crippen molar-refractivity contribution in [1.82, 2.24) is 9.80 Å². The van der Waals surface area contributed by atoms with Gasteiger partial charge in [0.15, 0.2) is 17.3 Å². The number of allylic oxidation sites excluding steroid dienone is 4. The molecule has 8 rings (SSSR count). The van der Waals surface area contributed by atoms with Gasteiger partial charge in [0.2, 0.25) is 0 Å². The maximum Gasteiger partial charge on any atom is 0.193 e. The number of ketones is 3. The number of aliphatic hydroxyl groups is 2. The number of hydrogen-bond donors (Lipinski definition) is 2. The summed E-state index contributed by atoms with van der Waals surface area (Å²) in [6.45, 7) is 0.188. The third-order valence-corrected chi connectivity index (χ3v) is 12.4. The molecule has 6 aromatic rings. The molecule has 6 aromatic carbocycles. The summed E-state index contributed by atoms with van der Waals surface area (Å²) in [5.41, 5.74) is 7.14. The van der Waals surface area contributed by atoms with Gasteiger partial charge in [-0.3, -0.25) is 14.4 Å². The summed E-state index contributed by atoms with van der Waals surface area (Å²) in [6.07, 6.45) is 7.29. The monoisotopic (exact) mass is 924 g/mol. The van der Waals surface area contributed by atoms with Crippen molar-refractivity contribution in [2.24, 2.45) is 0 Å². The molecule has 11 heteroatoms. The van der Waals surface area contributed by atoms with Gasteiger partial charge in [0.05, 0.1) is 13.2 Å². The van der Waals surface area contributed by atoms with Crippen molar-refractivity contribution in [1.29, 1.82) is 0 Å². The first kappa shape index (κ1) is 44.6. The van der Waals surface area contributed by atoms with E-state index >= 15 is 0 Å². The number of β-amino-alcohol motifs (C(OH)–C–C–N with tert-alkyl or cyclic N) is 2. The first-order valence-electron chi connectivity index (χ1n) is 20.5. The zero-order chi connectivity index (χ0) is 44.9. The van der Waals surface area contributed by atoms with Crippen LogP contribution in [0.2, 0.25) is 20.1 Å². The average Bonchev–Trinajstić information content (AvgIpc) is 3.31. The molecule has 0 spiro atoms. The Balaban J connectivity index is 1.12. The summed E-state index contributed by atoms with van der Waals surface area (Å²) in [4.78, 5) is 46.2. The molecule has 2 atom stereocenters. The predicted molar refractivity (Wildman–Crippen MR) is 256 cm³/mol. The highest BCUT2D eigenvalue weighted by atomic mass is 35.5. The van der Waals surface area contributed by atoms with Crippen LogP contribution in [0.15, 0.2) is 182 Å². The van der Waals surface area contributed by atoms with Crippen LogP contribution in [0.3, 0.4) is 0 Å². The molecule has 2 heterocycles. The second kappa shape index (κ2) is 19.8. The summed E-state index contributed by atoms with van der Waals surface area (Å²) in [7, 11) is 0. The van der Waals surface area contributed by atoms with Gasteiger partial charge in [-0.1, -0.05) is 168 Å². The maximum atomic E-state index is 14.2. The second-order valence-electron chi connectivity index (χ2n) is 15.3. The van der Waals surface area contributed by atoms with Crippen LogP contribution in [0.25, 0.3) is 11.1 Å². The number of Topliss-reactive ketones (excluding diaryl/α,β-unsaturated/α-hetero) is 2. The fraction of sp³-hybridized carbons (Fsp3) is 0.113. The Morgan fingerprint density at radius 2 is 0.797 bits per heavy atom. The van der Waals surface area contributed by atoms with E-state index in [2.05, 4.69) is 0 Å². The fourth-order valence-electron chi connectivity index (χ4n) is 8.22. The van der Waals surface area contributed by atoms with Gasteiger partial charge < -0.3 is 20.0 Å². The zero-order valence-corrected chi connectivity index (χ0v) is 37.2. The number of carbonyl (C=O) groups is 3. The highest BCUT2D eigenvalue weighted by molar-refractivity contribution is 6.36. The number of hydrogen-bond acceptors (Lipinski definition) is 7. The summed E-state index contributed by atoms with van der Waals surface area (Å²) >= 11 is 26.4. The number of benzene rings is 6. The predicted octanol–water partition coefficient (Wildman–Crippen LogP) is 11.9. The van der Waals surface area contributed by atoms with E-state index in [1.165, 1.54) is 0 Å². The Hall–Kier alpha value is -6.03. The molecule has 2 unspecified atom stereocenters. The van der Waals surface area contributed by atoms with Gasteiger partial charge in [-0.15, -0.1) is 0 Å². The average molecular weight is 927 g/mol. The van der Waals surface area contributed by atoms with E-state index < -0.39 is 11.8 Å². The number of aliphatic hydroxyl groups excluding tert-OH is 2. The number of carbonyl (C=O) groups excluding carboxylic acids is 3. The van der Waals surface area contributed by atoms with Crippen LogP contribution in [-0.2, 0) is 0 Å². The molecule has 0 amide bonds. The third-order valence-electron chi connectivity index (χ3n) is 11.3. The summed E-state index contributed by atoms with van der Waals surface area (Å²) in [5.74, 6) is -1.81. The van der Waals surface area contributed by atoms with Gasteiger partial charge in [0.25, 0.3) is 0 Å². The van der Waals surface area contributed by atoms with Crippen molar-refractivity contribution in [2.45, 2.75) is 11.8 Å². The van der Waals surface area contributed by atoms with Gasteiger partial charge >= 0.3 is 0 Å². The van der Waals surface area contributed by atoms with Gasteiger partial charge in [-0.2, -0.15) is 0 Å². The number of nitrogens with zero attached hydrogens (tertiary/aromatic N) is 2. The van der Waals surface area contributed by atoms with Gasteiger partial charge in [-0.05, 0) is 57.7 Å². The fourth-order valence-corrected chi connectivity index (χ4v) is 9.26. The Bertz CT molecular complexity index is 2660. The molecular formula is C53H40Cl4N2O5. The van der Waals surface area contributed by atoms with Crippen LogP contribution < -0.4 is 0 Å². The molecule has 0 saturated heterocycles. The molecule has 7 nitrogen and oxygen atoms in total. The standard InChI is InChI=1S/C53H40Cl4N2O5/c54-39-19-21-41(47(56)27-39)49-43(29-58(23-25-60)31-45(49)52(63)35-7-3-1-4-8-35)33-11-15-37(16-12-33)51(62)38-17-13-34(14-18-38)44-30-59(24-26-61)32-46(53(64)36-9-5-2-6-10-36)50(44)42-22-20-40(55)28-48(42)57/h1-22,27-32,49-50,60-61H,23-26H2. The van der Waals surface area contributed by atoms with Gasteiger partial charge in [0, 0.05) is 103 Å². The lowest BCUT2D eigenvalue weighted by Crippen LogP contribution is -2.26. The third kappa shape index (κ3) is 9.42. The lowest BCUT2D eigenvalue weighted by Gasteiger charge is -2.32. The molecule has 0 aliphatic carbocycles. The molecule has 0 radical (unpaired) electrons. The molecule has 0 saturated carbocycles. The highest BCUT2D eigenvalue weighted by Gasteiger charge is 2.35. The van der Waals surface area contributed by atoms with Crippen LogP contribution in [-0.4, -0.2) is 63.7 Å². The smallest absolute Gasteiger partial charge is 0.193 e. The minimum Gasteiger partial charge on any atom is -0.395 e. The number of rotatable bonds is 14. The first-order valence-corrected chi connectivity index (χ1v) is 22.0. The molecular weight excluding hydrogens is 886 g/mol. The molecule has 0 aromatic heterocycles. The van der Waals surface area contributed by atoms with E-state index in [1.807, 2.05) is 85.2 Å². The topological polar surface area (TPSA) is 98.2 Å². The highest BCUT2D eigenvalue weighted by Crippen LogP contribution is 2.47. The van der Waals surface area contributed by atoms with Crippen molar-refractivity contribution in [3.63, 3.8) is 0 Å². The van der Waals surface area contributed by atoms with Crippen molar-refractivity contribution in [3.05, 3.63) is 246 Å². The van der Waals surface area contributed by atoms with E-state index in [0.29, 0.717) is 64.6 Å². The second-order valence-corrected chi connectivity index (χ2v) is 17.0. The molecule has 2 aliphatic rings. The summed E-state index contributed by atoms with van der Waals surface area (Å²) in [6, 6.07) is 42.8. The Labute approximate surface area is 391 Å². The molecule has 0 fully saturated rings. The van der Waals surface area contributed by atoms with Gasteiger partial charge in [-0.25, -0.2) is 0 Å². The number of halogens is 4. The first-order chi connectivity index (χ1) is 31.0. The van der Waals surface area contributed by atoms with Crippen molar-refractivity contribution in [3.8, 4) is 0 Å². The lowest BCUT2D eigenvalue weighted by atomic mass is 9.77. The maximum absolute atomic E-state index is 14.2. The minimum atomic E-state index is -0.603. The summed E-state index contributed by atoms with van der Waals surface area (Å²) < 4.78 is 0. The van der Waals surface area contributed by atoms with Crippen molar-refractivity contribution >= 4 is 74.9 Å².